The smallest absolute Gasteiger partial charge is 0.126 e. The molecule has 9 heteroatoms. The van der Waals surface area contributed by atoms with Crippen LogP contribution in [0.3, 0.4) is 0 Å². The fourth-order valence-electron chi connectivity index (χ4n) is 1.12. The Morgan fingerprint density at radius 2 is 0.842 bits per heavy atom. The van der Waals surface area contributed by atoms with Crippen LogP contribution in [0.2, 0.25) is 0 Å². The topological polar surface area (TPSA) is 131 Å². The summed E-state index contributed by atoms with van der Waals surface area (Å²) in [5.41, 5.74) is -2.67. The summed E-state index contributed by atoms with van der Waals surface area (Å²) < 4.78 is 5.40. The van der Waals surface area contributed by atoms with E-state index < -0.39 is 60.5 Å². The fraction of sp³-hybridized carbons (Fsp3) is 1.00. The summed E-state index contributed by atoms with van der Waals surface area (Å²) in [7, 11) is 0. The van der Waals surface area contributed by atoms with Gasteiger partial charge in [0.25, 0.3) is 0 Å². The maximum absolute atomic E-state index is 9.24. The molecule has 0 saturated carbocycles. The molecular weight excluding hydrogens is 392 g/mol. The van der Waals surface area contributed by atoms with Crippen LogP contribution in [-0.4, -0.2) is 80.3 Å². The standard InChI is InChI=1S/C10H20Br2O7/c11-7(9(1-13,2-14)3-15)19-8(12)10(4-16,5-17)6-18/h7-8,13-18H,1-6H2. The average molecular weight is 412 g/mol. The van der Waals surface area contributed by atoms with E-state index in [1.807, 2.05) is 0 Å². The number of rotatable bonds is 10. The summed E-state index contributed by atoms with van der Waals surface area (Å²) in [6, 6.07) is 0. The molecular formula is C10H20Br2O7. The van der Waals surface area contributed by atoms with Crippen LogP contribution in [0.4, 0.5) is 0 Å². The Morgan fingerprint density at radius 3 is 1.00 bits per heavy atom. The third-order valence-electron chi connectivity index (χ3n) is 3.09. The maximum atomic E-state index is 9.24. The third kappa shape index (κ3) is 4.32. The highest BCUT2D eigenvalue weighted by Gasteiger charge is 2.43. The Morgan fingerprint density at radius 1 is 0.632 bits per heavy atom. The lowest BCUT2D eigenvalue weighted by molar-refractivity contribution is -0.124. The van der Waals surface area contributed by atoms with Crippen molar-refractivity contribution in [2.24, 2.45) is 10.8 Å². The number of aliphatic hydroxyl groups excluding tert-OH is 6. The van der Waals surface area contributed by atoms with Gasteiger partial charge in [-0.3, -0.25) is 0 Å². The first-order chi connectivity index (χ1) is 8.91. The van der Waals surface area contributed by atoms with Crippen molar-refractivity contribution in [3.63, 3.8) is 0 Å². The zero-order chi connectivity index (χ0) is 15.1. The number of ether oxygens (including phenoxy) is 1. The zero-order valence-corrected chi connectivity index (χ0v) is 13.4. The van der Waals surface area contributed by atoms with Crippen LogP contribution in [0.1, 0.15) is 0 Å². The van der Waals surface area contributed by atoms with Crippen LogP contribution in [0.5, 0.6) is 0 Å². The van der Waals surface area contributed by atoms with Crippen LogP contribution >= 0.6 is 31.9 Å². The normalized spacial score (nSPS) is 16.4. The van der Waals surface area contributed by atoms with Gasteiger partial charge in [0.05, 0.1) is 50.5 Å². The number of alkyl halides is 2. The Balaban J connectivity index is 4.92. The zero-order valence-electron chi connectivity index (χ0n) is 10.2. The van der Waals surface area contributed by atoms with E-state index in [0.29, 0.717) is 0 Å². The molecule has 0 aromatic heterocycles. The van der Waals surface area contributed by atoms with E-state index in [1.54, 1.807) is 0 Å². The van der Waals surface area contributed by atoms with Gasteiger partial charge in [-0.2, -0.15) is 0 Å². The summed E-state index contributed by atoms with van der Waals surface area (Å²) in [6.07, 6.45) is 0. The van der Waals surface area contributed by atoms with Gasteiger partial charge in [0.1, 0.15) is 10.0 Å². The number of hydrogen-bond acceptors (Lipinski definition) is 7. The molecule has 7 nitrogen and oxygen atoms in total. The second-order valence-corrected chi connectivity index (χ2v) is 6.10. The van der Waals surface area contributed by atoms with Gasteiger partial charge < -0.3 is 35.4 Å². The Bertz CT molecular complexity index is 206. The first-order valence-corrected chi connectivity index (χ1v) is 7.34. The van der Waals surface area contributed by atoms with Crippen molar-refractivity contribution in [2.45, 2.75) is 10.0 Å². The monoisotopic (exact) mass is 410 g/mol. The SMILES string of the molecule is OCC(CO)(CO)C(Br)OC(Br)C(CO)(CO)CO. The highest BCUT2D eigenvalue weighted by atomic mass is 79.9. The predicted octanol–water partition coefficient (Wildman–Crippen LogP) is -1.63. The van der Waals surface area contributed by atoms with Crippen LogP contribution < -0.4 is 0 Å². The molecule has 19 heavy (non-hydrogen) atoms. The van der Waals surface area contributed by atoms with E-state index in [1.165, 1.54) is 0 Å². The Labute approximate surface area is 128 Å². The number of halogens is 2. The maximum Gasteiger partial charge on any atom is 0.126 e. The van der Waals surface area contributed by atoms with E-state index in [2.05, 4.69) is 31.9 Å². The molecule has 0 aromatic carbocycles. The van der Waals surface area contributed by atoms with E-state index in [0.717, 1.165) is 0 Å². The lowest BCUT2D eigenvalue weighted by Crippen LogP contribution is -2.49. The molecule has 6 N–H and O–H groups in total. The molecule has 2 unspecified atom stereocenters. The largest absolute Gasteiger partial charge is 0.395 e. The van der Waals surface area contributed by atoms with Gasteiger partial charge in [0.15, 0.2) is 0 Å². The molecule has 116 valence electrons. The van der Waals surface area contributed by atoms with Gasteiger partial charge in [0, 0.05) is 0 Å². The second-order valence-electron chi connectivity index (χ2n) is 4.44. The second kappa shape index (κ2) is 8.85. The van der Waals surface area contributed by atoms with Crippen LogP contribution in [0, 0.1) is 10.8 Å². The van der Waals surface area contributed by atoms with Crippen LogP contribution in [0.25, 0.3) is 0 Å². The van der Waals surface area contributed by atoms with Crippen molar-refractivity contribution in [1.82, 2.24) is 0 Å². The van der Waals surface area contributed by atoms with Crippen molar-refractivity contribution >= 4 is 31.9 Å². The fourth-order valence-corrected chi connectivity index (χ4v) is 2.71. The molecule has 0 aliphatic carbocycles. The van der Waals surface area contributed by atoms with Crippen LogP contribution in [0.15, 0.2) is 0 Å². The van der Waals surface area contributed by atoms with E-state index >= 15 is 0 Å². The molecule has 0 heterocycles. The molecule has 2 atom stereocenters. The molecule has 0 aliphatic heterocycles. The first-order valence-electron chi connectivity index (χ1n) is 5.50. The van der Waals surface area contributed by atoms with Gasteiger partial charge in [-0.05, 0) is 0 Å². The average Bonchev–Trinajstić information content (AvgIpc) is 2.44. The summed E-state index contributed by atoms with van der Waals surface area (Å²) >= 11 is 6.17. The molecule has 0 saturated heterocycles. The van der Waals surface area contributed by atoms with Crippen molar-refractivity contribution in [3.8, 4) is 0 Å². The summed E-state index contributed by atoms with van der Waals surface area (Å²) in [4.78, 5) is 0. The van der Waals surface area contributed by atoms with Crippen molar-refractivity contribution in [1.29, 1.82) is 0 Å². The molecule has 0 rings (SSSR count). The quantitative estimate of drug-likeness (QED) is 0.238. The molecule has 0 aliphatic rings. The lowest BCUT2D eigenvalue weighted by atomic mass is 9.90. The molecule has 0 bridgehead atoms. The van der Waals surface area contributed by atoms with E-state index in [-0.39, 0.29) is 0 Å². The van der Waals surface area contributed by atoms with Gasteiger partial charge >= 0.3 is 0 Å². The number of aliphatic hydroxyl groups is 6. The van der Waals surface area contributed by atoms with Crippen molar-refractivity contribution in [3.05, 3.63) is 0 Å². The minimum Gasteiger partial charge on any atom is -0.395 e. The third-order valence-corrected chi connectivity index (χ3v) is 5.47. The van der Waals surface area contributed by atoms with Crippen LogP contribution in [-0.2, 0) is 4.74 Å². The summed E-state index contributed by atoms with van der Waals surface area (Å²) in [6.45, 7) is -3.25. The van der Waals surface area contributed by atoms with E-state index in [4.69, 9.17) is 4.74 Å². The minimum atomic E-state index is -1.34. The highest BCUT2D eigenvalue weighted by molar-refractivity contribution is 9.10. The molecule has 0 fully saturated rings. The highest BCUT2D eigenvalue weighted by Crippen LogP contribution is 2.35. The Hall–Kier alpha value is 0.680. The minimum absolute atomic E-state index is 0.542. The van der Waals surface area contributed by atoms with Gasteiger partial charge in [0.2, 0.25) is 0 Å². The molecule has 0 spiro atoms. The molecule has 0 aromatic rings. The summed E-state index contributed by atoms with van der Waals surface area (Å²) in [5, 5.41) is 53.5. The molecule has 0 amide bonds. The van der Waals surface area contributed by atoms with Gasteiger partial charge in [-0.1, -0.05) is 31.9 Å². The summed E-state index contributed by atoms with van der Waals surface area (Å²) in [5.74, 6) is 0. The van der Waals surface area contributed by atoms with Gasteiger partial charge in [-0.15, -0.1) is 0 Å². The van der Waals surface area contributed by atoms with E-state index in [9.17, 15) is 30.6 Å². The Kier molecular flexibility index (Phi) is 9.17. The van der Waals surface area contributed by atoms with Crippen molar-refractivity contribution < 1.29 is 35.4 Å². The lowest BCUT2D eigenvalue weighted by Gasteiger charge is -2.38. The predicted molar refractivity (Wildman–Crippen MR) is 73.9 cm³/mol. The van der Waals surface area contributed by atoms with Crippen molar-refractivity contribution in [2.75, 3.05) is 39.6 Å². The van der Waals surface area contributed by atoms with Gasteiger partial charge in [-0.25, -0.2) is 0 Å². The first kappa shape index (κ1) is 19.7. The molecule has 0 radical (unpaired) electrons. The number of hydrogen-bond donors (Lipinski definition) is 6.